The largest absolute Gasteiger partial charge is 0.490 e. The fraction of sp³-hybridized carbons (Fsp3) is 0.303. The van der Waals surface area contributed by atoms with E-state index in [1.54, 1.807) is 6.20 Å². The van der Waals surface area contributed by atoms with Crippen molar-refractivity contribution in [3.8, 4) is 11.5 Å². The number of nitrogen functional groups attached to an aromatic ring is 1. The Hall–Kier alpha value is -5.00. The molecule has 4 aromatic rings. The van der Waals surface area contributed by atoms with Gasteiger partial charge in [-0.15, -0.1) is 0 Å². The van der Waals surface area contributed by atoms with Crippen molar-refractivity contribution in [1.82, 2.24) is 10.3 Å². The fourth-order valence-corrected chi connectivity index (χ4v) is 4.44. The van der Waals surface area contributed by atoms with E-state index < -0.39 is 18.2 Å². The Balaban J connectivity index is 0.000000707. The molecule has 1 heterocycles. The van der Waals surface area contributed by atoms with Gasteiger partial charge in [-0.25, -0.2) is 9.78 Å². The van der Waals surface area contributed by atoms with Crippen molar-refractivity contribution in [2.24, 2.45) is 0 Å². The number of rotatable bonds is 11. The number of benzene rings is 3. The van der Waals surface area contributed by atoms with Crippen LogP contribution in [0.1, 0.15) is 50.4 Å². The van der Waals surface area contributed by atoms with Crippen LogP contribution in [0.3, 0.4) is 0 Å². The van der Waals surface area contributed by atoms with Crippen LogP contribution in [0.25, 0.3) is 10.8 Å². The van der Waals surface area contributed by atoms with Crippen molar-refractivity contribution in [1.29, 1.82) is 0 Å². The van der Waals surface area contributed by atoms with Gasteiger partial charge >= 0.3 is 12.1 Å². The normalized spacial score (nSPS) is 11.7. The number of anilines is 2. The van der Waals surface area contributed by atoms with Gasteiger partial charge in [0.05, 0.1) is 12.7 Å². The minimum Gasteiger partial charge on any atom is -0.490 e. The number of carbonyl (C=O) groups excluding carboxylic acids is 1. The van der Waals surface area contributed by atoms with Crippen molar-refractivity contribution in [3.05, 3.63) is 89.6 Å². The van der Waals surface area contributed by atoms with Gasteiger partial charge < -0.3 is 30.9 Å². The van der Waals surface area contributed by atoms with E-state index >= 15 is 0 Å². The molecule has 5 N–H and O–H groups in total. The second-order valence-corrected chi connectivity index (χ2v) is 10.2. The summed E-state index contributed by atoms with van der Waals surface area (Å²) in [4.78, 5) is 26.8. The van der Waals surface area contributed by atoms with E-state index in [1.807, 2.05) is 75.4 Å². The molecule has 4 rings (SSSR count). The number of hydrogen-bond acceptors (Lipinski definition) is 7. The van der Waals surface area contributed by atoms with Gasteiger partial charge in [0.25, 0.3) is 0 Å². The van der Waals surface area contributed by atoms with Crippen molar-refractivity contribution in [2.75, 3.05) is 17.7 Å². The average molecular weight is 627 g/mol. The molecule has 0 saturated carbocycles. The maximum Gasteiger partial charge on any atom is 0.490 e. The summed E-state index contributed by atoms with van der Waals surface area (Å²) < 4.78 is 43.6. The molecule has 0 saturated heterocycles. The summed E-state index contributed by atoms with van der Waals surface area (Å²) in [5, 5.41) is 15.5. The standard InChI is InChI=1S/C31H36N4O3.C2HF3O2/c1-5-21-9-7-8-10-24(21)19-34-31(36)29(23-11-14-27(38-20(3)4)28(18-23)37-6-2)35-25-12-13-26-22(17-25)15-16-33-30(26)32;3-2(4,5)1(6)7/h7-18,20,29,35H,5-6,19H2,1-4H3,(H2,32,33)(H,34,36);(H,6,7). The molecule has 0 aliphatic carbocycles. The molecule has 1 aromatic heterocycles. The number of amides is 1. The summed E-state index contributed by atoms with van der Waals surface area (Å²) in [5.74, 6) is -1.18. The number of ether oxygens (including phenoxy) is 2. The second-order valence-electron chi connectivity index (χ2n) is 10.2. The van der Waals surface area contributed by atoms with E-state index in [1.165, 1.54) is 5.56 Å². The minimum atomic E-state index is -5.08. The van der Waals surface area contributed by atoms with Gasteiger partial charge in [-0.1, -0.05) is 37.3 Å². The summed E-state index contributed by atoms with van der Waals surface area (Å²) in [5.41, 5.74) is 9.91. The number of alkyl halides is 3. The summed E-state index contributed by atoms with van der Waals surface area (Å²) >= 11 is 0. The lowest BCUT2D eigenvalue weighted by atomic mass is 10.0. The molecular weight excluding hydrogens is 589 g/mol. The first kappa shape index (κ1) is 34.5. The predicted molar refractivity (Wildman–Crippen MR) is 167 cm³/mol. The van der Waals surface area contributed by atoms with Crippen LogP contribution in [0.15, 0.2) is 72.9 Å². The zero-order chi connectivity index (χ0) is 33.1. The number of carbonyl (C=O) groups is 2. The van der Waals surface area contributed by atoms with E-state index in [0.717, 1.165) is 34.0 Å². The van der Waals surface area contributed by atoms with Crippen LogP contribution in [-0.2, 0) is 22.6 Å². The monoisotopic (exact) mass is 626 g/mol. The predicted octanol–water partition coefficient (Wildman–Crippen LogP) is 6.67. The molecule has 0 bridgehead atoms. The number of nitrogens with two attached hydrogens (primary N) is 1. The zero-order valence-electron chi connectivity index (χ0n) is 25.4. The molecule has 3 aromatic carbocycles. The zero-order valence-corrected chi connectivity index (χ0v) is 25.4. The van der Waals surface area contributed by atoms with E-state index in [-0.39, 0.29) is 12.0 Å². The first-order valence-electron chi connectivity index (χ1n) is 14.3. The topological polar surface area (TPSA) is 136 Å². The molecule has 0 aliphatic rings. The summed E-state index contributed by atoms with van der Waals surface area (Å²) in [6.07, 6.45) is -2.51. The van der Waals surface area contributed by atoms with Crippen molar-refractivity contribution in [3.63, 3.8) is 0 Å². The number of hydrogen-bond donors (Lipinski definition) is 4. The SMILES string of the molecule is CCOc1cc(C(Nc2ccc3c(N)nccc3c2)C(=O)NCc2ccccc2CC)ccc1OC(C)C.O=C(O)C(F)(F)F. The smallest absolute Gasteiger partial charge is 0.490 e. The number of fused-ring (bicyclic) bond motifs is 1. The molecule has 240 valence electrons. The molecule has 9 nitrogen and oxygen atoms in total. The fourth-order valence-electron chi connectivity index (χ4n) is 4.44. The summed E-state index contributed by atoms with van der Waals surface area (Å²) in [6, 6.07) is 20.8. The highest BCUT2D eigenvalue weighted by Crippen LogP contribution is 2.33. The lowest BCUT2D eigenvalue weighted by Crippen LogP contribution is -2.33. The number of nitrogens with one attached hydrogen (secondary N) is 2. The van der Waals surface area contributed by atoms with E-state index in [2.05, 4.69) is 34.7 Å². The number of carboxylic acids is 1. The van der Waals surface area contributed by atoms with E-state index in [9.17, 15) is 18.0 Å². The van der Waals surface area contributed by atoms with Crippen LogP contribution in [-0.4, -0.2) is 40.9 Å². The average Bonchev–Trinajstić information content (AvgIpc) is 2.99. The summed E-state index contributed by atoms with van der Waals surface area (Å²) in [7, 11) is 0. The highest BCUT2D eigenvalue weighted by molar-refractivity contribution is 5.94. The Bertz CT molecular complexity index is 1610. The number of aromatic nitrogens is 1. The third-order valence-electron chi connectivity index (χ3n) is 6.53. The molecule has 0 fully saturated rings. The molecule has 0 aliphatic heterocycles. The quantitative estimate of drug-likeness (QED) is 0.145. The number of halogens is 3. The highest BCUT2D eigenvalue weighted by atomic mass is 19.4. The van der Waals surface area contributed by atoms with Crippen LogP contribution >= 0.6 is 0 Å². The number of nitrogens with zero attached hydrogens (tertiary/aromatic N) is 1. The molecule has 1 amide bonds. The molecule has 1 atom stereocenters. The number of carboxylic acid groups (broad SMARTS) is 1. The minimum absolute atomic E-state index is 0.00423. The molecule has 1 unspecified atom stereocenters. The molecular formula is C33H37F3N4O5. The van der Waals surface area contributed by atoms with Gasteiger partial charge in [0, 0.05) is 23.8 Å². The molecule has 0 radical (unpaired) electrons. The molecule has 12 heteroatoms. The first-order chi connectivity index (χ1) is 21.3. The Labute approximate surface area is 259 Å². The number of aryl methyl sites for hydroxylation is 1. The van der Waals surface area contributed by atoms with Crippen LogP contribution in [0, 0.1) is 0 Å². The van der Waals surface area contributed by atoms with Gasteiger partial charge in [0.1, 0.15) is 11.9 Å². The van der Waals surface area contributed by atoms with Gasteiger partial charge in [-0.05, 0) is 85.7 Å². The molecule has 0 spiro atoms. The van der Waals surface area contributed by atoms with E-state index in [4.69, 9.17) is 25.1 Å². The highest BCUT2D eigenvalue weighted by Gasteiger charge is 2.38. The number of pyridine rings is 1. The van der Waals surface area contributed by atoms with Crippen molar-refractivity contribution < 1.29 is 37.3 Å². The van der Waals surface area contributed by atoms with Gasteiger partial charge in [-0.3, -0.25) is 4.79 Å². The Kier molecular flexibility index (Phi) is 12.0. The van der Waals surface area contributed by atoms with Crippen LogP contribution < -0.4 is 25.8 Å². The van der Waals surface area contributed by atoms with E-state index in [0.29, 0.717) is 30.5 Å². The van der Waals surface area contributed by atoms with Gasteiger partial charge in [0.15, 0.2) is 11.5 Å². The van der Waals surface area contributed by atoms with Crippen LogP contribution in [0.2, 0.25) is 0 Å². The number of aliphatic carboxylic acids is 1. The maximum absolute atomic E-state index is 13.7. The third-order valence-corrected chi connectivity index (χ3v) is 6.53. The van der Waals surface area contributed by atoms with Crippen LogP contribution in [0.5, 0.6) is 11.5 Å². The summed E-state index contributed by atoms with van der Waals surface area (Å²) in [6.45, 7) is 8.90. The first-order valence-corrected chi connectivity index (χ1v) is 14.3. The maximum atomic E-state index is 13.7. The Morgan fingerprint density at radius 2 is 1.67 bits per heavy atom. The van der Waals surface area contributed by atoms with Crippen LogP contribution in [0.4, 0.5) is 24.7 Å². The van der Waals surface area contributed by atoms with Crippen molar-refractivity contribution in [2.45, 2.75) is 59.0 Å². The lowest BCUT2D eigenvalue weighted by Gasteiger charge is -2.23. The Morgan fingerprint density at radius 1 is 0.978 bits per heavy atom. The second kappa shape index (κ2) is 15.6. The van der Waals surface area contributed by atoms with Crippen molar-refractivity contribution >= 4 is 34.2 Å². The molecule has 45 heavy (non-hydrogen) atoms. The van der Waals surface area contributed by atoms with Gasteiger partial charge in [0.2, 0.25) is 5.91 Å². The Morgan fingerprint density at radius 3 is 2.29 bits per heavy atom. The third kappa shape index (κ3) is 9.75. The lowest BCUT2D eigenvalue weighted by molar-refractivity contribution is -0.192. The van der Waals surface area contributed by atoms with Gasteiger partial charge in [-0.2, -0.15) is 13.2 Å².